The summed E-state index contributed by atoms with van der Waals surface area (Å²) in [6.45, 7) is 7.46. The summed E-state index contributed by atoms with van der Waals surface area (Å²) in [5.41, 5.74) is 1.17. The maximum absolute atomic E-state index is 4.81. The number of hydrogen-bond acceptors (Lipinski definition) is 5. The number of nitrogens with zero attached hydrogens (tertiary/aromatic N) is 2. The molecule has 0 bridgehead atoms. The Kier molecular flexibility index (Phi) is 6.08. The second kappa shape index (κ2) is 7.36. The summed E-state index contributed by atoms with van der Waals surface area (Å²) in [5.74, 6) is 4.46. The SMILES string of the molecule is CCNc1nc(C2SCCSC2C)nc(CC)c1I. The van der Waals surface area contributed by atoms with Crippen LogP contribution >= 0.6 is 46.1 Å². The van der Waals surface area contributed by atoms with Crippen molar-refractivity contribution in [3.05, 3.63) is 15.1 Å². The summed E-state index contributed by atoms with van der Waals surface area (Å²) in [6.07, 6.45) is 0.963. The van der Waals surface area contributed by atoms with Crippen molar-refractivity contribution in [2.75, 3.05) is 23.4 Å². The fourth-order valence-corrected chi connectivity index (χ4v) is 5.58. The molecule has 2 atom stereocenters. The molecule has 19 heavy (non-hydrogen) atoms. The monoisotopic (exact) mass is 409 g/mol. The zero-order valence-electron chi connectivity index (χ0n) is 11.6. The van der Waals surface area contributed by atoms with Gasteiger partial charge < -0.3 is 5.32 Å². The van der Waals surface area contributed by atoms with E-state index in [4.69, 9.17) is 9.97 Å². The molecule has 2 rings (SSSR count). The van der Waals surface area contributed by atoms with Gasteiger partial charge in [-0.2, -0.15) is 11.8 Å². The van der Waals surface area contributed by atoms with E-state index in [1.165, 1.54) is 20.8 Å². The predicted octanol–water partition coefficient (Wildman–Crippen LogP) is 3.99. The van der Waals surface area contributed by atoms with Crippen LogP contribution in [0.15, 0.2) is 0 Å². The highest BCUT2D eigenvalue weighted by Crippen LogP contribution is 2.41. The molecule has 2 heterocycles. The van der Waals surface area contributed by atoms with Gasteiger partial charge in [-0.1, -0.05) is 13.8 Å². The smallest absolute Gasteiger partial charge is 0.145 e. The van der Waals surface area contributed by atoms with Crippen molar-refractivity contribution in [2.24, 2.45) is 0 Å². The first-order chi connectivity index (χ1) is 9.17. The highest BCUT2D eigenvalue weighted by atomic mass is 127. The summed E-state index contributed by atoms with van der Waals surface area (Å²) in [7, 11) is 0. The Hall–Kier alpha value is 0.310. The minimum Gasteiger partial charge on any atom is -0.369 e. The maximum Gasteiger partial charge on any atom is 0.145 e. The molecule has 3 nitrogen and oxygen atoms in total. The molecule has 0 radical (unpaired) electrons. The van der Waals surface area contributed by atoms with E-state index in [2.05, 4.69) is 48.7 Å². The largest absolute Gasteiger partial charge is 0.369 e. The van der Waals surface area contributed by atoms with Gasteiger partial charge in [-0.15, -0.1) is 11.8 Å². The molecule has 1 aromatic heterocycles. The lowest BCUT2D eigenvalue weighted by molar-refractivity contribution is 0.800. The van der Waals surface area contributed by atoms with Crippen LogP contribution in [0.1, 0.15) is 37.5 Å². The number of thioether (sulfide) groups is 2. The van der Waals surface area contributed by atoms with Gasteiger partial charge in [-0.3, -0.25) is 0 Å². The van der Waals surface area contributed by atoms with Crippen LogP contribution in [-0.2, 0) is 6.42 Å². The van der Waals surface area contributed by atoms with E-state index >= 15 is 0 Å². The van der Waals surface area contributed by atoms with Crippen LogP contribution in [0.25, 0.3) is 0 Å². The molecule has 0 aliphatic carbocycles. The van der Waals surface area contributed by atoms with Gasteiger partial charge in [0.15, 0.2) is 0 Å². The molecule has 1 aliphatic rings. The summed E-state index contributed by atoms with van der Waals surface area (Å²) in [4.78, 5) is 9.60. The lowest BCUT2D eigenvalue weighted by Gasteiger charge is -2.27. The van der Waals surface area contributed by atoms with E-state index in [0.717, 1.165) is 24.6 Å². The van der Waals surface area contributed by atoms with Crippen molar-refractivity contribution in [3.8, 4) is 0 Å². The van der Waals surface area contributed by atoms with E-state index in [1.54, 1.807) is 0 Å². The van der Waals surface area contributed by atoms with E-state index in [0.29, 0.717) is 10.5 Å². The van der Waals surface area contributed by atoms with E-state index < -0.39 is 0 Å². The van der Waals surface area contributed by atoms with Crippen molar-refractivity contribution >= 4 is 51.9 Å². The second-order valence-electron chi connectivity index (χ2n) is 4.44. The fraction of sp³-hybridized carbons (Fsp3) is 0.692. The summed E-state index contributed by atoms with van der Waals surface area (Å²) >= 11 is 6.39. The Bertz CT molecular complexity index is 442. The molecule has 2 unspecified atom stereocenters. The number of nitrogens with one attached hydrogen (secondary N) is 1. The quantitative estimate of drug-likeness (QED) is 0.762. The van der Waals surface area contributed by atoms with Crippen LogP contribution in [0, 0.1) is 3.57 Å². The van der Waals surface area contributed by atoms with E-state index in [1.807, 2.05) is 23.5 Å². The fourth-order valence-electron chi connectivity index (χ4n) is 2.08. The average Bonchev–Trinajstić information content (AvgIpc) is 2.42. The molecule has 1 N–H and O–H groups in total. The van der Waals surface area contributed by atoms with Gasteiger partial charge in [0.25, 0.3) is 0 Å². The van der Waals surface area contributed by atoms with Crippen LogP contribution in [0.5, 0.6) is 0 Å². The van der Waals surface area contributed by atoms with E-state index in [-0.39, 0.29) is 0 Å². The van der Waals surface area contributed by atoms with Gasteiger partial charge in [0.05, 0.1) is 14.5 Å². The maximum atomic E-state index is 4.81. The van der Waals surface area contributed by atoms with Crippen molar-refractivity contribution < 1.29 is 0 Å². The third-order valence-electron chi connectivity index (χ3n) is 3.06. The first kappa shape index (κ1) is 15.7. The van der Waals surface area contributed by atoms with Gasteiger partial charge in [0, 0.05) is 23.3 Å². The van der Waals surface area contributed by atoms with Gasteiger partial charge in [0.2, 0.25) is 0 Å². The Morgan fingerprint density at radius 3 is 2.63 bits per heavy atom. The molecular weight excluding hydrogens is 389 g/mol. The van der Waals surface area contributed by atoms with Crippen molar-refractivity contribution in [2.45, 2.75) is 37.7 Å². The number of aromatic nitrogens is 2. The van der Waals surface area contributed by atoms with Crippen LogP contribution in [-0.4, -0.2) is 33.3 Å². The lowest BCUT2D eigenvalue weighted by Crippen LogP contribution is -2.20. The molecule has 1 fully saturated rings. The Morgan fingerprint density at radius 1 is 1.26 bits per heavy atom. The standard InChI is InChI=1S/C13H20IN3S2/c1-4-9-10(14)12(15-5-2)17-13(16-9)11-8(3)18-6-7-19-11/h8,11H,4-7H2,1-3H3,(H,15,16,17). The third-order valence-corrected chi connectivity index (χ3v) is 7.28. The van der Waals surface area contributed by atoms with Gasteiger partial charge in [0.1, 0.15) is 11.6 Å². The molecule has 1 saturated heterocycles. The molecule has 1 aromatic rings. The zero-order chi connectivity index (χ0) is 13.8. The first-order valence-corrected chi connectivity index (χ1v) is 9.88. The highest BCUT2D eigenvalue weighted by molar-refractivity contribution is 14.1. The van der Waals surface area contributed by atoms with Gasteiger partial charge >= 0.3 is 0 Å². The number of hydrogen-bond donors (Lipinski definition) is 1. The first-order valence-electron chi connectivity index (χ1n) is 6.70. The summed E-state index contributed by atoms with van der Waals surface area (Å²) < 4.78 is 1.17. The average molecular weight is 409 g/mol. The lowest BCUT2D eigenvalue weighted by atomic mass is 10.2. The Labute approximate surface area is 137 Å². The van der Waals surface area contributed by atoms with Crippen LogP contribution in [0.3, 0.4) is 0 Å². The topological polar surface area (TPSA) is 37.8 Å². The Morgan fingerprint density at radius 2 is 2.00 bits per heavy atom. The van der Waals surface area contributed by atoms with Gasteiger partial charge in [-0.25, -0.2) is 9.97 Å². The minimum atomic E-state index is 0.429. The van der Waals surface area contributed by atoms with Crippen LogP contribution in [0.2, 0.25) is 0 Å². The molecule has 0 aromatic carbocycles. The van der Waals surface area contributed by atoms with Crippen LogP contribution in [0.4, 0.5) is 5.82 Å². The van der Waals surface area contributed by atoms with Crippen molar-refractivity contribution in [3.63, 3.8) is 0 Å². The summed E-state index contributed by atoms with van der Waals surface area (Å²) in [5, 5.41) is 4.39. The second-order valence-corrected chi connectivity index (χ2v) is 8.26. The molecule has 1 aliphatic heterocycles. The zero-order valence-corrected chi connectivity index (χ0v) is 15.4. The minimum absolute atomic E-state index is 0.429. The molecule has 0 amide bonds. The molecule has 106 valence electrons. The summed E-state index contributed by atoms with van der Waals surface area (Å²) in [6, 6.07) is 0. The number of aryl methyl sites for hydroxylation is 1. The van der Waals surface area contributed by atoms with Gasteiger partial charge in [-0.05, 0) is 35.9 Å². The van der Waals surface area contributed by atoms with Crippen molar-refractivity contribution in [1.29, 1.82) is 0 Å². The number of halogens is 1. The number of rotatable bonds is 4. The third kappa shape index (κ3) is 3.69. The predicted molar refractivity (Wildman–Crippen MR) is 95.4 cm³/mol. The molecule has 0 saturated carbocycles. The molecule has 0 spiro atoms. The molecule has 6 heteroatoms. The molecular formula is C13H20IN3S2. The van der Waals surface area contributed by atoms with Crippen molar-refractivity contribution in [1.82, 2.24) is 9.97 Å². The highest BCUT2D eigenvalue weighted by Gasteiger charge is 2.27. The number of anilines is 1. The van der Waals surface area contributed by atoms with Crippen LogP contribution < -0.4 is 5.32 Å². The Balaban J connectivity index is 2.36. The van der Waals surface area contributed by atoms with E-state index in [9.17, 15) is 0 Å². The normalized spacial score (nSPS) is 23.4.